The van der Waals surface area contributed by atoms with Crippen molar-refractivity contribution in [1.29, 1.82) is 0 Å². The molecule has 0 aliphatic carbocycles. The van der Waals surface area contributed by atoms with Gasteiger partial charge in [0.2, 0.25) is 0 Å². The lowest BCUT2D eigenvalue weighted by atomic mass is 9.90. The molecule has 2 heteroatoms. The van der Waals surface area contributed by atoms with Crippen LogP contribution in [0.5, 0.6) is 0 Å². The Labute approximate surface area is 120 Å². The number of nitrogens with zero attached hydrogens (tertiary/aromatic N) is 1. The van der Waals surface area contributed by atoms with Gasteiger partial charge in [0.15, 0.2) is 0 Å². The van der Waals surface area contributed by atoms with Crippen LogP contribution in [0.3, 0.4) is 0 Å². The second-order valence-corrected chi connectivity index (χ2v) is 5.78. The zero-order chi connectivity index (χ0) is 14.0. The molecule has 1 aliphatic rings. The molecule has 1 unspecified atom stereocenters. The van der Waals surface area contributed by atoms with E-state index >= 15 is 0 Å². The third kappa shape index (κ3) is 2.74. The number of rotatable bonds is 3. The molecule has 0 spiro atoms. The van der Waals surface area contributed by atoms with E-state index in [9.17, 15) is 0 Å². The smallest absolute Gasteiger partial charge is 0.144 e. The minimum Gasteiger partial charge on any atom is -0.388 e. The third-order valence-electron chi connectivity index (χ3n) is 3.72. The number of benzene rings is 2. The van der Waals surface area contributed by atoms with E-state index in [4.69, 9.17) is 4.84 Å². The lowest BCUT2D eigenvalue weighted by Crippen LogP contribution is -2.27. The number of hydrogen-bond donors (Lipinski definition) is 0. The van der Waals surface area contributed by atoms with Gasteiger partial charge in [-0.25, -0.2) is 0 Å². The van der Waals surface area contributed by atoms with E-state index in [1.165, 1.54) is 11.1 Å². The first-order valence-corrected chi connectivity index (χ1v) is 7.01. The molecule has 20 heavy (non-hydrogen) atoms. The number of aryl methyl sites for hydroxylation is 1. The van der Waals surface area contributed by atoms with Gasteiger partial charge in [0.05, 0.1) is 5.71 Å². The van der Waals surface area contributed by atoms with E-state index in [0.717, 1.165) is 24.1 Å². The molecule has 0 aromatic heterocycles. The first-order valence-electron chi connectivity index (χ1n) is 7.01. The Morgan fingerprint density at radius 1 is 1.05 bits per heavy atom. The zero-order valence-electron chi connectivity index (χ0n) is 12.0. The van der Waals surface area contributed by atoms with Crippen LogP contribution in [0.1, 0.15) is 30.0 Å². The first kappa shape index (κ1) is 12.9. The molecule has 0 fully saturated rings. The lowest BCUT2D eigenvalue weighted by Gasteiger charge is -2.21. The van der Waals surface area contributed by atoms with Gasteiger partial charge in [-0.05, 0) is 25.0 Å². The van der Waals surface area contributed by atoms with Crippen LogP contribution in [0.15, 0.2) is 59.8 Å². The predicted octanol–water partition coefficient (Wildman–Crippen LogP) is 4.12. The van der Waals surface area contributed by atoms with Gasteiger partial charge in [-0.2, -0.15) is 0 Å². The van der Waals surface area contributed by atoms with Crippen LogP contribution in [0.25, 0.3) is 0 Å². The van der Waals surface area contributed by atoms with Crippen molar-refractivity contribution in [3.05, 3.63) is 71.3 Å². The summed E-state index contributed by atoms with van der Waals surface area (Å²) in [6.07, 6.45) is 1.73. The molecule has 102 valence electrons. The van der Waals surface area contributed by atoms with Crippen molar-refractivity contribution < 1.29 is 4.84 Å². The molecule has 2 aromatic carbocycles. The van der Waals surface area contributed by atoms with E-state index in [0.29, 0.717) is 0 Å². The number of hydrogen-bond acceptors (Lipinski definition) is 2. The SMILES string of the molecule is Cc1ccc(C2=NOC(C)(Cc3ccccc3)C2)cc1. The second kappa shape index (κ2) is 5.12. The van der Waals surface area contributed by atoms with Crippen molar-refractivity contribution in [2.75, 3.05) is 0 Å². The molecule has 2 aromatic rings. The lowest BCUT2D eigenvalue weighted by molar-refractivity contribution is -0.00282. The maximum absolute atomic E-state index is 5.73. The minimum absolute atomic E-state index is 0.235. The minimum atomic E-state index is -0.235. The van der Waals surface area contributed by atoms with Crippen molar-refractivity contribution in [2.45, 2.75) is 32.3 Å². The van der Waals surface area contributed by atoms with Crippen LogP contribution in [0.2, 0.25) is 0 Å². The molecule has 0 saturated carbocycles. The number of oxime groups is 1. The van der Waals surface area contributed by atoms with Gasteiger partial charge in [0, 0.05) is 12.8 Å². The van der Waals surface area contributed by atoms with Crippen LogP contribution in [-0.4, -0.2) is 11.3 Å². The zero-order valence-corrected chi connectivity index (χ0v) is 12.0. The maximum Gasteiger partial charge on any atom is 0.144 e. The molecule has 1 aliphatic heterocycles. The van der Waals surface area contributed by atoms with E-state index in [-0.39, 0.29) is 5.60 Å². The largest absolute Gasteiger partial charge is 0.388 e. The van der Waals surface area contributed by atoms with Crippen LogP contribution >= 0.6 is 0 Å². The van der Waals surface area contributed by atoms with Gasteiger partial charge in [-0.15, -0.1) is 0 Å². The summed E-state index contributed by atoms with van der Waals surface area (Å²) >= 11 is 0. The Balaban J connectivity index is 1.73. The molecule has 0 N–H and O–H groups in total. The van der Waals surface area contributed by atoms with Crippen molar-refractivity contribution in [3.8, 4) is 0 Å². The molecule has 2 nitrogen and oxygen atoms in total. The van der Waals surface area contributed by atoms with Crippen LogP contribution < -0.4 is 0 Å². The Hall–Kier alpha value is -2.09. The monoisotopic (exact) mass is 265 g/mol. The van der Waals surface area contributed by atoms with Gasteiger partial charge in [0.1, 0.15) is 5.60 Å². The molecular weight excluding hydrogens is 246 g/mol. The summed E-state index contributed by atoms with van der Waals surface area (Å²) in [4.78, 5) is 5.73. The molecule has 1 atom stereocenters. The quantitative estimate of drug-likeness (QED) is 0.818. The normalized spacial score (nSPS) is 21.4. The summed E-state index contributed by atoms with van der Waals surface area (Å²) < 4.78 is 0. The Bertz CT molecular complexity index is 616. The molecular formula is C18H19NO. The van der Waals surface area contributed by atoms with Gasteiger partial charge >= 0.3 is 0 Å². The summed E-state index contributed by atoms with van der Waals surface area (Å²) in [7, 11) is 0. The highest BCUT2D eigenvalue weighted by molar-refractivity contribution is 6.01. The fourth-order valence-corrected chi connectivity index (χ4v) is 2.61. The highest BCUT2D eigenvalue weighted by Crippen LogP contribution is 2.30. The Morgan fingerprint density at radius 2 is 1.75 bits per heavy atom. The van der Waals surface area contributed by atoms with E-state index < -0.39 is 0 Å². The molecule has 3 rings (SSSR count). The van der Waals surface area contributed by atoms with E-state index in [1.54, 1.807) is 0 Å². The average Bonchev–Trinajstić information content (AvgIpc) is 2.83. The van der Waals surface area contributed by atoms with Gasteiger partial charge in [-0.3, -0.25) is 0 Å². The standard InChI is InChI=1S/C18H19NO/c1-14-8-10-16(11-9-14)17-13-18(2,20-19-17)12-15-6-4-3-5-7-15/h3-11H,12-13H2,1-2H3. The summed E-state index contributed by atoms with van der Waals surface area (Å²) in [6, 6.07) is 18.9. The second-order valence-electron chi connectivity index (χ2n) is 5.78. The van der Waals surface area contributed by atoms with Crippen molar-refractivity contribution in [3.63, 3.8) is 0 Å². The molecule has 0 bridgehead atoms. The highest BCUT2D eigenvalue weighted by atomic mass is 16.7. The van der Waals surface area contributed by atoms with Crippen LogP contribution in [0, 0.1) is 6.92 Å². The summed E-state index contributed by atoms with van der Waals surface area (Å²) in [5.74, 6) is 0. The summed E-state index contributed by atoms with van der Waals surface area (Å²) in [5, 5.41) is 4.30. The van der Waals surface area contributed by atoms with E-state index in [2.05, 4.69) is 67.5 Å². The van der Waals surface area contributed by atoms with Gasteiger partial charge in [0.25, 0.3) is 0 Å². The summed E-state index contributed by atoms with van der Waals surface area (Å²) in [6.45, 7) is 4.22. The van der Waals surface area contributed by atoms with Crippen molar-refractivity contribution >= 4 is 5.71 Å². The average molecular weight is 265 g/mol. The van der Waals surface area contributed by atoms with Crippen molar-refractivity contribution in [1.82, 2.24) is 0 Å². The first-order chi connectivity index (χ1) is 9.65. The van der Waals surface area contributed by atoms with Crippen LogP contribution in [-0.2, 0) is 11.3 Å². The van der Waals surface area contributed by atoms with Gasteiger partial charge < -0.3 is 4.84 Å². The third-order valence-corrected chi connectivity index (χ3v) is 3.72. The van der Waals surface area contributed by atoms with Crippen LogP contribution in [0.4, 0.5) is 0 Å². The predicted molar refractivity (Wildman–Crippen MR) is 82.0 cm³/mol. The molecule has 1 heterocycles. The highest BCUT2D eigenvalue weighted by Gasteiger charge is 2.34. The molecule has 0 radical (unpaired) electrons. The summed E-state index contributed by atoms with van der Waals surface area (Å²) in [5.41, 5.74) is 4.52. The Kier molecular flexibility index (Phi) is 3.31. The maximum atomic E-state index is 5.73. The molecule has 0 saturated heterocycles. The Morgan fingerprint density at radius 3 is 2.45 bits per heavy atom. The molecule has 0 amide bonds. The van der Waals surface area contributed by atoms with E-state index in [1.807, 2.05) is 6.07 Å². The fourth-order valence-electron chi connectivity index (χ4n) is 2.61. The van der Waals surface area contributed by atoms with Crippen molar-refractivity contribution in [2.24, 2.45) is 5.16 Å². The fraction of sp³-hybridized carbons (Fsp3) is 0.278. The topological polar surface area (TPSA) is 21.6 Å². The van der Waals surface area contributed by atoms with Gasteiger partial charge in [-0.1, -0.05) is 65.3 Å².